The molecule has 1 aromatic rings. The minimum absolute atomic E-state index is 0.203. The van der Waals surface area contributed by atoms with Gasteiger partial charge < -0.3 is 14.7 Å². The van der Waals surface area contributed by atoms with Gasteiger partial charge in [0.05, 0.1) is 15.9 Å². The predicted octanol–water partition coefficient (Wildman–Crippen LogP) is 1.58. The molecule has 1 aliphatic rings. The van der Waals surface area contributed by atoms with E-state index < -0.39 is 9.85 Å². The topological polar surface area (TPSA) is 96.0 Å². The Bertz CT molecular complexity index is 608. The summed E-state index contributed by atoms with van der Waals surface area (Å²) in [6, 6.07) is 3.87. The molecule has 0 spiro atoms. The maximum Gasteiger partial charge on any atom is 0.299 e. The van der Waals surface area contributed by atoms with E-state index in [0.717, 1.165) is 38.7 Å². The number of nitro groups is 2. The van der Waals surface area contributed by atoms with Crippen molar-refractivity contribution in [2.45, 2.75) is 6.42 Å². The minimum Gasteiger partial charge on any atom is -0.365 e. The fraction of sp³-hybridized carbons (Fsp3) is 0.600. The van der Waals surface area contributed by atoms with E-state index in [1.54, 1.807) is 0 Å². The van der Waals surface area contributed by atoms with Crippen LogP contribution in [0.3, 0.4) is 0 Å². The Kier molecular flexibility index (Phi) is 6.04. The molecule has 1 aromatic carbocycles. The second-order valence-corrected chi connectivity index (χ2v) is 6.17. The molecule has 0 bridgehead atoms. The smallest absolute Gasteiger partial charge is 0.299 e. The molecule has 9 heteroatoms. The van der Waals surface area contributed by atoms with E-state index in [4.69, 9.17) is 0 Å². The molecule has 0 aliphatic carbocycles. The van der Waals surface area contributed by atoms with E-state index in [1.807, 2.05) is 19.0 Å². The zero-order valence-corrected chi connectivity index (χ0v) is 14.1. The van der Waals surface area contributed by atoms with E-state index >= 15 is 0 Å². The number of likely N-dealkylation sites (N-methyl/N-ethyl adjacent to an activating group) is 1. The molecule has 24 heavy (non-hydrogen) atoms. The van der Waals surface area contributed by atoms with Crippen LogP contribution in [0.2, 0.25) is 0 Å². The van der Waals surface area contributed by atoms with Crippen LogP contribution in [0.1, 0.15) is 6.42 Å². The largest absolute Gasteiger partial charge is 0.365 e. The third-order valence-electron chi connectivity index (χ3n) is 4.16. The Hall–Kier alpha value is -2.26. The van der Waals surface area contributed by atoms with Crippen molar-refractivity contribution in [2.75, 3.05) is 58.3 Å². The molecule has 1 aliphatic heterocycles. The molecule has 0 aromatic heterocycles. The van der Waals surface area contributed by atoms with Crippen molar-refractivity contribution >= 4 is 17.1 Å². The zero-order chi connectivity index (χ0) is 17.7. The van der Waals surface area contributed by atoms with Crippen molar-refractivity contribution < 1.29 is 9.85 Å². The van der Waals surface area contributed by atoms with Gasteiger partial charge in [0.1, 0.15) is 5.69 Å². The van der Waals surface area contributed by atoms with E-state index in [9.17, 15) is 20.2 Å². The summed E-state index contributed by atoms with van der Waals surface area (Å²) in [7, 11) is 4.06. The van der Waals surface area contributed by atoms with Crippen LogP contribution < -0.4 is 4.90 Å². The highest BCUT2D eigenvalue weighted by atomic mass is 16.6. The highest BCUT2D eigenvalue weighted by Gasteiger charge is 2.25. The van der Waals surface area contributed by atoms with Crippen LogP contribution in [-0.2, 0) is 0 Å². The van der Waals surface area contributed by atoms with Gasteiger partial charge in [-0.25, -0.2) is 0 Å². The lowest BCUT2D eigenvalue weighted by atomic mass is 10.2. The third-order valence-corrected chi connectivity index (χ3v) is 4.16. The van der Waals surface area contributed by atoms with Crippen LogP contribution in [0.15, 0.2) is 18.2 Å². The summed E-state index contributed by atoms with van der Waals surface area (Å²) < 4.78 is 0. The van der Waals surface area contributed by atoms with Gasteiger partial charge in [0.15, 0.2) is 0 Å². The van der Waals surface area contributed by atoms with E-state index in [1.165, 1.54) is 12.1 Å². The average Bonchev–Trinajstić information content (AvgIpc) is 2.77. The molecular formula is C15H23N5O4. The number of anilines is 1. The number of benzene rings is 1. The van der Waals surface area contributed by atoms with Gasteiger partial charge in [-0.1, -0.05) is 0 Å². The molecule has 9 nitrogen and oxygen atoms in total. The molecular weight excluding hydrogens is 314 g/mol. The monoisotopic (exact) mass is 337 g/mol. The van der Waals surface area contributed by atoms with Gasteiger partial charge in [-0.3, -0.25) is 20.2 Å². The summed E-state index contributed by atoms with van der Waals surface area (Å²) in [4.78, 5) is 27.4. The number of nitro benzene ring substituents is 2. The molecule has 0 N–H and O–H groups in total. The third kappa shape index (κ3) is 4.62. The van der Waals surface area contributed by atoms with Crippen LogP contribution in [0.5, 0.6) is 0 Å². The zero-order valence-electron chi connectivity index (χ0n) is 14.1. The normalized spacial score (nSPS) is 16.2. The van der Waals surface area contributed by atoms with Gasteiger partial charge in [-0.05, 0) is 33.1 Å². The molecule has 1 fully saturated rings. The van der Waals surface area contributed by atoms with E-state index in [-0.39, 0.29) is 11.4 Å². The first-order valence-corrected chi connectivity index (χ1v) is 7.93. The highest BCUT2D eigenvalue weighted by Crippen LogP contribution is 2.32. The second kappa shape index (κ2) is 8.02. The molecule has 0 radical (unpaired) electrons. The minimum atomic E-state index is -0.609. The van der Waals surface area contributed by atoms with Crippen molar-refractivity contribution in [3.05, 3.63) is 38.4 Å². The fourth-order valence-electron chi connectivity index (χ4n) is 2.82. The Morgan fingerprint density at radius 2 is 1.83 bits per heavy atom. The molecule has 0 saturated carbocycles. The van der Waals surface area contributed by atoms with Gasteiger partial charge >= 0.3 is 0 Å². The maximum atomic E-state index is 11.3. The molecule has 0 amide bonds. The van der Waals surface area contributed by atoms with Crippen LogP contribution in [0, 0.1) is 20.2 Å². The number of hydrogen-bond acceptors (Lipinski definition) is 7. The van der Waals surface area contributed by atoms with Crippen molar-refractivity contribution in [2.24, 2.45) is 0 Å². The summed E-state index contributed by atoms with van der Waals surface area (Å²) in [6.45, 7) is 5.08. The predicted molar refractivity (Wildman–Crippen MR) is 91.6 cm³/mol. The molecule has 0 atom stereocenters. The lowest BCUT2D eigenvalue weighted by Crippen LogP contribution is -2.35. The van der Waals surface area contributed by atoms with Crippen molar-refractivity contribution in [1.82, 2.24) is 9.80 Å². The fourth-order valence-corrected chi connectivity index (χ4v) is 2.82. The van der Waals surface area contributed by atoms with Gasteiger partial charge in [0, 0.05) is 38.8 Å². The van der Waals surface area contributed by atoms with Crippen LogP contribution in [0.25, 0.3) is 0 Å². The van der Waals surface area contributed by atoms with Crippen LogP contribution in [-0.4, -0.2) is 73.0 Å². The van der Waals surface area contributed by atoms with Crippen molar-refractivity contribution in [3.8, 4) is 0 Å². The molecule has 0 unspecified atom stereocenters. The first kappa shape index (κ1) is 18.1. The van der Waals surface area contributed by atoms with Gasteiger partial charge in [0.25, 0.3) is 11.4 Å². The average molecular weight is 337 g/mol. The lowest BCUT2D eigenvalue weighted by Gasteiger charge is -2.24. The van der Waals surface area contributed by atoms with Crippen LogP contribution >= 0.6 is 0 Å². The van der Waals surface area contributed by atoms with Gasteiger partial charge in [0.2, 0.25) is 0 Å². The number of non-ortho nitro benzene ring substituents is 1. The summed E-state index contributed by atoms with van der Waals surface area (Å²) in [5, 5.41) is 22.2. The standard InChI is InChI=1S/C15H23N5O4/c1-16(2)8-9-17-6-3-7-18(11-10-17)14-5-4-13(19(21)22)12-15(14)20(23)24/h4-5,12H,3,6-11H2,1-2H3. The first-order chi connectivity index (χ1) is 11.4. The van der Waals surface area contributed by atoms with E-state index in [2.05, 4.69) is 9.80 Å². The molecule has 132 valence electrons. The Labute approximate surface area is 140 Å². The molecule has 1 heterocycles. The Morgan fingerprint density at radius 1 is 1.08 bits per heavy atom. The SMILES string of the molecule is CN(C)CCN1CCCN(c2ccc([N+](=O)[O-])cc2[N+](=O)[O-])CC1. The highest BCUT2D eigenvalue weighted by molar-refractivity contribution is 5.66. The first-order valence-electron chi connectivity index (χ1n) is 7.93. The summed E-state index contributed by atoms with van der Waals surface area (Å²) >= 11 is 0. The molecule has 2 rings (SSSR count). The van der Waals surface area contributed by atoms with Crippen molar-refractivity contribution in [1.29, 1.82) is 0 Å². The number of rotatable bonds is 6. The maximum absolute atomic E-state index is 11.3. The van der Waals surface area contributed by atoms with Gasteiger partial charge in [-0.15, -0.1) is 0 Å². The summed E-state index contributed by atoms with van der Waals surface area (Å²) in [5.41, 5.74) is -0.00103. The summed E-state index contributed by atoms with van der Waals surface area (Å²) in [6.07, 6.45) is 0.904. The number of hydrogen-bond donors (Lipinski definition) is 0. The Balaban J connectivity index is 2.13. The quantitative estimate of drug-likeness (QED) is 0.574. The van der Waals surface area contributed by atoms with Crippen LogP contribution in [0.4, 0.5) is 17.1 Å². The number of nitrogens with zero attached hydrogens (tertiary/aromatic N) is 5. The molecule has 1 saturated heterocycles. The van der Waals surface area contributed by atoms with Gasteiger partial charge in [-0.2, -0.15) is 0 Å². The second-order valence-electron chi connectivity index (χ2n) is 6.17. The Morgan fingerprint density at radius 3 is 2.46 bits per heavy atom. The lowest BCUT2D eigenvalue weighted by molar-refractivity contribution is -0.393. The van der Waals surface area contributed by atoms with Crippen molar-refractivity contribution in [3.63, 3.8) is 0 Å². The van der Waals surface area contributed by atoms with E-state index in [0.29, 0.717) is 18.8 Å². The summed E-state index contributed by atoms with van der Waals surface area (Å²) in [5.74, 6) is 0.